The van der Waals surface area contributed by atoms with Crippen molar-refractivity contribution in [1.82, 2.24) is 14.5 Å². The van der Waals surface area contributed by atoms with E-state index in [-0.39, 0.29) is 27.9 Å². The molecule has 0 bridgehead atoms. The van der Waals surface area contributed by atoms with E-state index in [2.05, 4.69) is 10.2 Å². The highest BCUT2D eigenvalue weighted by Crippen LogP contribution is 2.64. The first-order chi connectivity index (χ1) is 14.4. The minimum Gasteiger partial charge on any atom is -0.420 e. The Labute approximate surface area is 172 Å². The highest BCUT2D eigenvalue weighted by molar-refractivity contribution is 7.89. The van der Waals surface area contributed by atoms with Crippen LogP contribution >= 0.6 is 0 Å². The maximum atomic E-state index is 13.5. The fraction of sp³-hybridized carbons (Fsp3) is 0.333. The Morgan fingerprint density at radius 3 is 2.40 bits per heavy atom. The van der Waals surface area contributed by atoms with Gasteiger partial charge in [-0.25, -0.2) is 17.2 Å². The second-order valence-corrected chi connectivity index (χ2v) is 9.87. The van der Waals surface area contributed by atoms with Gasteiger partial charge in [0.1, 0.15) is 11.6 Å². The van der Waals surface area contributed by atoms with E-state index in [0.29, 0.717) is 37.4 Å². The second-order valence-electron chi connectivity index (χ2n) is 7.94. The molecule has 1 aliphatic heterocycles. The highest BCUT2D eigenvalue weighted by Gasteiger charge is 2.58. The van der Waals surface area contributed by atoms with Gasteiger partial charge in [-0.05, 0) is 61.1 Å². The topological polar surface area (TPSA) is 76.3 Å². The third kappa shape index (κ3) is 3.31. The summed E-state index contributed by atoms with van der Waals surface area (Å²) in [7, 11) is -3.72. The molecule has 1 aliphatic carbocycles. The van der Waals surface area contributed by atoms with Gasteiger partial charge < -0.3 is 4.42 Å². The number of piperidine rings is 1. The van der Waals surface area contributed by atoms with Crippen molar-refractivity contribution in [2.75, 3.05) is 13.1 Å². The minimum atomic E-state index is -3.72. The van der Waals surface area contributed by atoms with Crippen LogP contribution in [0.4, 0.5) is 8.78 Å². The summed E-state index contributed by atoms with van der Waals surface area (Å²) >= 11 is 0. The molecule has 1 aromatic heterocycles. The molecule has 6 nitrogen and oxygen atoms in total. The molecular weight excluding hydrogens is 412 g/mol. The lowest BCUT2D eigenvalue weighted by Gasteiger charge is -2.31. The van der Waals surface area contributed by atoms with Crippen LogP contribution in [0.25, 0.3) is 11.5 Å². The molecule has 2 fully saturated rings. The Morgan fingerprint density at radius 1 is 1.00 bits per heavy atom. The molecule has 3 aromatic rings. The predicted octanol–water partition coefficient (Wildman–Crippen LogP) is 3.97. The second kappa shape index (κ2) is 6.95. The molecule has 1 saturated heterocycles. The van der Waals surface area contributed by atoms with Gasteiger partial charge in [0.2, 0.25) is 21.8 Å². The molecule has 2 heterocycles. The first-order valence-corrected chi connectivity index (χ1v) is 11.2. The summed E-state index contributed by atoms with van der Waals surface area (Å²) in [5.41, 5.74) is 0.471. The van der Waals surface area contributed by atoms with Crippen LogP contribution in [-0.2, 0) is 10.0 Å². The largest absolute Gasteiger partial charge is 0.420 e. The molecular formula is C21H19F2N3O3S. The lowest BCUT2D eigenvalue weighted by atomic mass is 9.92. The zero-order valence-electron chi connectivity index (χ0n) is 16.0. The van der Waals surface area contributed by atoms with Crippen molar-refractivity contribution in [2.45, 2.75) is 30.1 Å². The first kappa shape index (κ1) is 19.3. The van der Waals surface area contributed by atoms with Gasteiger partial charge in [0, 0.05) is 24.6 Å². The van der Waals surface area contributed by atoms with E-state index in [1.165, 1.54) is 34.6 Å². The predicted molar refractivity (Wildman–Crippen MR) is 104 cm³/mol. The molecule has 30 heavy (non-hydrogen) atoms. The molecule has 0 radical (unpaired) electrons. The summed E-state index contributed by atoms with van der Waals surface area (Å²) in [4.78, 5) is -0.0255. The number of nitrogens with zero attached hydrogens (tertiary/aromatic N) is 3. The van der Waals surface area contributed by atoms with Gasteiger partial charge in [0.15, 0.2) is 0 Å². The lowest BCUT2D eigenvalue weighted by molar-refractivity contribution is 0.246. The smallest absolute Gasteiger partial charge is 0.247 e. The van der Waals surface area contributed by atoms with Crippen molar-refractivity contribution in [3.8, 4) is 11.5 Å². The summed E-state index contributed by atoms with van der Waals surface area (Å²) in [5, 5.41) is 8.19. The molecule has 0 amide bonds. The quantitative estimate of drug-likeness (QED) is 0.625. The summed E-state index contributed by atoms with van der Waals surface area (Å²) in [6, 6.07) is 11.1. The van der Waals surface area contributed by atoms with Gasteiger partial charge in [-0.1, -0.05) is 12.1 Å². The summed E-state index contributed by atoms with van der Waals surface area (Å²) in [6.45, 7) is 0.723. The first-order valence-electron chi connectivity index (χ1n) is 9.72. The van der Waals surface area contributed by atoms with Crippen LogP contribution in [0.15, 0.2) is 57.8 Å². The van der Waals surface area contributed by atoms with E-state index in [4.69, 9.17) is 4.42 Å². The van der Waals surface area contributed by atoms with Crippen LogP contribution < -0.4 is 0 Å². The minimum absolute atomic E-state index is 0.0255. The monoisotopic (exact) mass is 431 g/mol. The van der Waals surface area contributed by atoms with Crippen molar-refractivity contribution < 1.29 is 21.6 Å². The Balaban J connectivity index is 1.28. The van der Waals surface area contributed by atoms with E-state index in [1.54, 1.807) is 12.1 Å². The normalized spacial score (nSPS) is 21.1. The number of halogens is 2. The van der Waals surface area contributed by atoms with Gasteiger partial charge in [0.05, 0.1) is 4.90 Å². The molecule has 1 saturated carbocycles. The molecule has 1 spiro atoms. The van der Waals surface area contributed by atoms with Crippen LogP contribution in [-0.4, -0.2) is 36.0 Å². The van der Waals surface area contributed by atoms with Crippen molar-refractivity contribution in [3.63, 3.8) is 0 Å². The van der Waals surface area contributed by atoms with Crippen molar-refractivity contribution in [1.29, 1.82) is 0 Å². The van der Waals surface area contributed by atoms with Crippen molar-refractivity contribution in [2.24, 2.45) is 5.41 Å². The highest BCUT2D eigenvalue weighted by atomic mass is 32.2. The Morgan fingerprint density at radius 2 is 1.70 bits per heavy atom. The Kier molecular flexibility index (Phi) is 4.48. The van der Waals surface area contributed by atoms with Crippen LogP contribution in [0, 0.1) is 17.0 Å². The fourth-order valence-electron chi connectivity index (χ4n) is 4.31. The van der Waals surface area contributed by atoms with Crippen LogP contribution in [0.1, 0.15) is 31.1 Å². The van der Waals surface area contributed by atoms with E-state index in [9.17, 15) is 17.2 Å². The molecule has 1 atom stereocenters. The van der Waals surface area contributed by atoms with Gasteiger partial charge in [0.25, 0.3) is 0 Å². The number of hydrogen-bond donors (Lipinski definition) is 0. The fourth-order valence-corrected chi connectivity index (χ4v) is 5.78. The molecule has 5 rings (SSSR count). The molecule has 0 N–H and O–H groups in total. The zero-order valence-corrected chi connectivity index (χ0v) is 16.8. The third-order valence-corrected chi connectivity index (χ3v) is 8.05. The number of rotatable bonds is 4. The van der Waals surface area contributed by atoms with Gasteiger partial charge in [-0.2, -0.15) is 4.31 Å². The van der Waals surface area contributed by atoms with Gasteiger partial charge >= 0.3 is 0 Å². The molecule has 2 aliphatic rings. The number of hydrogen-bond acceptors (Lipinski definition) is 5. The molecule has 9 heteroatoms. The molecule has 156 valence electrons. The number of aromatic nitrogens is 2. The number of benzene rings is 2. The molecule has 2 aromatic carbocycles. The molecule has 0 unspecified atom stereocenters. The van der Waals surface area contributed by atoms with E-state index < -0.39 is 15.8 Å². The maximum absolute atomic E-state index is 13.5. The van der Waals surface area contributed by atoms with Crippen LogP contribution in [0.3, 0.4) is 0 Å². The number of sulfonamides is 1. The SMILES string of the molecule is O=S(=O)(c1cccc(F)c1)N1CCC2(CC1)C[C@@H]2c1nnc(-c2cccc(F)c2)o1. The van der Waals surface area contributed by atoms with Crippen LogP contribution in [0.2, 0.25) is 0 Å². The van der Waals surface area contributed by atoms with Crippen LogP contribution in [0.5, 0.6) is 0 Å². The van der Waals surface area contributed by atoms with Crippen molar-refractivity contribution >= 4 is 10.0 Å². The summed E-state index contributed by atoms with van der Waals surface area (Å²) < 4.78 is 59.7. The van der Waals surface area contributed by atoms with Crippen molar-refractivity contribution in [3.05, 3.63) is 66.1 Å². The van der Waals surface area contributed by atoms with E-state index in [0.717, 1.165) is 12.5 Å². The van der Waals surface area contributed by atoms with E-state index in [1.807, 2.05) is 0 Å². The van der Waals surface area contributed by atoms with Gasteiger partial charge in [-0.15, -0.1) is 10.2 Å². The average molecular weight is 431 g/mol. The average Bonchev–Trinajstić information content (AvgIpc) is 3.20. The standard InChI is InChI=1S/C21H19F2N3O3S/c22-15-4-1-3-14(11-15)19-24-25-20(29-19)18-13-21(18)7-9-26(10-8-21)30(27,28)17-6-2-5-16(23)12-17/h1-6,11-12,18H,7-10,13H2/t18-/m1/s1. The zero-order chi connectivity index (χ0) is 20.9. The summed E-state index contributed by atoms with van der Waals surface area (Å²) in [6.07, 6.45) is 2.19. The van der Waals surface area contributed by atoms with Gasteiger partial charge in [-0.3, -0.25) is 0 Å². The Hall–Kier alpha value is -2.65. The third-order valence-electron chi connectivity index (χ3n) is 6.15. The summed E-state index contributed by atoms with van der Waals surface area (Å²) in [5.74, 6) is -0.0842. The lowest BCUT2D eigenvalue weighted by Crippen LogP contribution is -2.39. The maximum Gasteiger partial charge on any atom is 0.247 e. The Bertz CT molecular complexity index is 1200. The van der Waals surface area contributed by atoms with E-state index >= 15 is 0 Å².